The highest BCUT2D eigenvalue weighted by Gasteiger charge is 2.19. The molecule has 0 aliphatic heterocycles. The lowest BCUT2D eigenvalue weighted by Crippen LogP contribution is -2.21. The van der Waals surface area contributed by atoms with E-state index in [1.54, 1.807) is 30.3 Å². The van der Waals surface area contributed by atoms with Gasteiger partial charge in [-0.05, 0) is 49.9 Å². The second-order valence-electron chi connectivity index (χ2n) is 6.28. The van der Waals surface area contributed by atoms with Gasteiger partial charge >= 0.3 is 0 Å². The van der Waals surface area contributed by atoms with Crippen molar-refractivity contribution in [2.24, 2.45) is 0 Å². The van der Waals surface area contributed by atoms with Gasteiger partial charge in [0, 0.05) is 16.6 Å². The molecule has 0 bridgehead atoms. The number of fused-ring (bicyclic) bond motifs is 2. The summed E-state index contributed by atoms with van der Waals surface area (Å²) in [7, 11) is 0. The van der Waals surface area contributed by atoms with Crippen LogP contribution in [-0.4, -0.2) is 10.9 Å². The van der Waals surface area contributed by atoms with Crippen molar-refractivity contribution in [2.45, 2.75) is 25.7 Å². The number of hydrogen-bond acceptors (Lipinski definition) is 2. The molecule has 0 radical (unpaired) electrons. The van der Waals surface area contributed by atoms with Gasteiger partial charge in [0.15, 0.2) is 5.43 Å². The van der Waals surface area contributed by atoms with Crippen molar-refractivity contribution in [3.63, 3.8) is 0 Å². The molecule has 4 rings (SSSR count). The molecular formula is C20H17FN2O2. The Morgan fingerprint density at radius 3 is 2.68 bits per heavy atom. The summed E-state index contributed by atoms with van der Waals surface area (Å²) in [6, 6.07) is 11.1. The van der Waals surface area contributed by atoms with Crippen LogP contribution >= 0.6 is 0 Å². The van der Waals surface area contributed by atoms with E-state index >= 15 is 0 Å². The second-order valence-corrected chi connectivity index (χ2v) is 6.28. The van der Waals surface area contributed by atoms with Gasteiger partial charge in [-0.2, -0.15) is 0 Å². The number of para-hydroxylation sites is 2. The Morgan fingerprint density at radius 1 is 1.04 bits per heavy atom. The zero-order valence-corrected chi connectivity index (χ0v) is 13.6. The van der Waals surface area contributed by atoms with Crippen LogP contribution in [0.3, 0.4) is 0 Å². The third-order valence-electron chi connectivity index (χ3n) is 4.69. The molecule has 0 atom stereocenters. The number of carbonyl (C=O) groups excluding carboxylic acids is 1. The van der Waals surface area contributed by atoms with Crippen LogP contribution in [0, 0.1) is 5.82 Å². The van der Waals surface area contributed by atoms with Crippen LogP contribution in [0.25, 0.3) is 10.9 Å². The Morgan fingerprint density at radius 2 is 1.84 bits per heavy atom. The summed E-state index contributed by atoms with van der Waals surface area (Å²) in [5.41, 5.74) is 2.70. The summed E-state index contributed by atoms with van der Waals surface area (Å²) in [6.07, 6.45) is 3.61. The van der Waals surface area contributed by atoms with Crippen molar-refractivity contribution >= 4 is 22.5 Å². The van der Waals surface area contributed by atoms with Crippen molar-refractivity contribution in [2.75, 3.05) is 5.32 Å². The average molecular weight is 336 g/mol. The number of H-pyrrole nitrogens is 1. The molecule has 1 amide bonds. The normalized spacial score (nSPS) is 13.5. The molecule has 5 heteroatoms. The molecule has 0 saturated heterocycles. The monoisotopic (exact) mass is 336 g/mol. The van der Waals surface area contributed by atoms with Crippen LogP contribution in [0.2, 0.25) is 0 Å². The van der Waals surface area contributed by atoms with E-state index in [4.69, 9.17) is 0 Å². The quantitative estimate of drug-likeness (QED) is 0.748. The van der Waals surface area contributed by atoms with Gasteiger partial charge in [-0.15, -0.1) is 0 Å². The van der Waals surface area contributed by atoms with Gasteiger partial charge in [0.2, 0.25) is 0 Å². The van der Waals surface area contributed by atoms with Crippen LogP contribution < -0.4 is 10.7 Å². The molecule has 2 N–H and O–H groups in total. The molecule has 1 aliphatic rings. The largest absolute Gasteiger partial charge is 0.357 e. The van der Waals surface area contributed by atoms with Crippen LogP contribution in [0.4, 0.5) is 10.1 Å². The highest BCUT2D eigenvalue weighted by Crippen LogP contribution is 2.23. The first-order valence-electron chi connectivity index (χ1n) is 8.38. The van der Waals surface area contributed by atoms with Gasteiger partial charge in [0.25, 0.3) is 5.91 Å². The summed E-state index contributed by atoms with van der Waals surface area (Å²) < 4.78 is 13.8. The Hall–Kier alpha value is -2.95. The lowest BCUT2D eigenvalue weighted by Gasteiger charge is -2.17. The minimum Gasteiger partial charge on any atom is -0.357 e. The van der Waals surface area contributed by atoms with E-state index in [1.807, 2.05) is 0 Å². The van der Waals surface area contributed by atoms with Crippen LogP contribution in [0.1, 0.15) is 34.5 Å². The molecule has 3 aromatic rings. The number of amides is 1. The lowest BCUT2D eigenvalue weighted by molar-refractivity contribution is 0.102. The van der Waals surface area contributed by atoms with Crippen molar-refractivity contribution in [3.8, 4) is 0 Å². The molecule has 0 unspecified atom stereocenters. The number of carbonyl (C=O) groups is 1. The number of nitrogens with one attached hydrogen (secondary N) is 2. The molecule has 4 nitrogen and oxygen atoms in total. The molecule has 0 saturated carbocycles. The molecule has 126 valence electrons. The third-order valence-corrected chi connectivity index (χ3v) is 4.69. The van der Waals surface area contributed by atoms with Gasteiger partial charge in [-0.1, -0.05) is 18.2 Å². The molecule has 0 fully saturated rings. The molecule has 2 aromatic carbocycles. The third kappa shape index (κ3) is 2.71. The Kier molecular flexibility index (Phi) is 3.84. The maximum atomic E-state index is 13.8. The Balaban J connectivity index is 1.82. The van der Waals surface area contributed by atoms with Crippen molar-refractivity contribution in [1.82, 2.24) is 4.98 Å². The zero-order valence-electron chi connectivity index (χ0n) is 13.6. The lowest BCUT2D eigenvalue weighted by atomic mass is 9.93. The van der Waals surface area contributed by atoms with Gasteiger partial charge < -0.3 is 10.3 Å². The number of aryl methyl sites for hydroxylation is 1. The standard InChI is InChI=1S/C20H17FN2O2/c21-15-9-2-4-11-17(15)23-20(25)14-8-5-7-13-18(14)22-16-10-3-1-6-12(16)19(13)24/h2,4-5,7-9,11H,1,3,6,10H2,(H,22,24)(H,23,25). The number of aromatic nitrogens is 1. The topological polar surface area (TPSA) is 62.0 Å². The summed E-state index contributed by atoms with van der Waals surface area (Å²) in [5.74, 6) is -0.941. The van der Waals surface area contributed by atoms with E-state index in [9.17, 15) is 14.0 Å². The fourth-order valence-corrected chi connectivity index (χ4v) is 3.42. The predicted molar refractivity (Wildman–Crippen MR) is 95.6 cm³/mol. The fourth-order valence-electron chi connectivity index (χ4n) is 3.42. The second kappa shape index (κ2) is 6.16. The van der Waals surface area contributed by atoms with Gasteiger partial charge in [-0.25, -0.2) is 4.39 Å². The van der Waals surface area contributed by atoms with E-state index in [0.29, 0.717) is 16.5 Å². The molecule has 1 aromatic heterocycles. The van der Waals surface area contributed by atoms with Crippen molar-refractivity contribution in [3.05, 3.63) is 75.3 Å². The van der Waals surface area contributed by atoms with Crippen LogP contribution in [0.5, 0.6) is 0 Å². The molecule has 1 aliphatic carbocycles. The maximum Gasteiger partial charge on any atom is 0.257 e. The van der Waals surface area contributed by atoms with E-state index in [1.165, 1.54) is 12.1 Å². The first kappa shape index (κ1) is 15.6. The minimum absolute atomic E-state index is 0.0102. The Bertz CT molecular complexity index is 1040. The highest BCUT2D eigenvalue weighted by atomic mass is 19.1. The van der Waals surface area contributed by atoms with Gasteiger partial charge in [-0.3, -0.25) is 9.59 Å². The number of pyridine rings is 1. The fraction of sp³-hybridized carbons (Fsp3) is 0.200. The minimum atomic E-state index is -0.498. The predicted octanol–water partition coefficient (Wildman–Crippen LogP) is 3.80. The summed E-state index contributed by atoms with van der Waals surface area (Å²) in [6.45, 7) is 0. The van der Waals surface area contributed by atoms with Crippen LogP contribution in [0.15, 0.2) is 47.3 Å². The van der Waals surface area contributed by atoms with Crippen molar-refractivity contribution in [1.29, 1.82) is 0 Å². The summed E-state index contributed by atoms with van der Waals surface area (Å²) in [5, 5.41) is 3.08. The molecule has 1 heterocycles. The van der Waals surface area contributed by atoms with E-state index in [-0.39, 0.29) is 11.1 Å². The number of anilines is 1. The first-order chi connectivity index (χ1) is 12.1. The molecule has 25 heavy (non-hydrogen) atoms. The average Bonchev–Trinajstić information content (AvgIpc) is 2.63. The summed E-state index contributed by atoms with van der Waals surface area (Å²) >= 11 is 0. The number of rotatable bonds is 2. The smallest absolute Gasteiger partial charge is 0.257 e. The molecule has 0 spiro atoms. The SMILES string of the molecule is O=C(Nc1ccccc1F)c1cccc2c(=O)c3c([nH]c12)CCCC3. The number of benzene rings is 2. The van der Waals surface area contributed by atoms with Gasteiger partial charge in [0.05, 0.1) is 16.8 Å². The number of aromatic amines is 1. The number of halogens is 1. The highest BCUT2D eigenvalue weighted by molar-refractivity contribution is 6.11. The van der Waals surface area contributed by atoms with Crippen molar-refractivity contribution < 1.29 is 9.18 Å². The number of hydrogen-bond donors (Lipinski definition) is 2. The molecular weight excluding hydrogens is 319 g/mol. The van der Waals surface area contributed by atoms with Gasteiger partial charge in [0.1, 0.15) is 5.82 Å². The zero-order chi connectivity index (χ0) is 17.4. The summed E-state index contributed by atoms with van der Waals surface area (Å²) in [4.78, 5) is 28.7. The Labute approximate surface area is 143 Å². The maximum absolute atomic E-state index is 13.8. The van der Waals surface area contributed by atoms with E-state index in [0.717, 1.165) is 36.9 Å². The van der Waals surface area contributed by atoms with Crippen LogP contribution in [-0.2, 0) is 12.8 Å². The first-order valence-corrected chi connectivity index (χ1v) is 8.38. The van der Waals surface area contributed by atoms with E-state index in [2.05, 4.69) is 10.3 Å². The van der Waals surface area contributed by atoms with E-state index < -0.39 is 11.7 Å².